The van der Waals surface area contributed by atoms with Crippen LogP contribution in [0.25, 0.3) is 0 Å². The molecular formula is C16H14INO. The Kier molecular flexibility index (Phi) is 3.55. The zero-order chi connectivity index (χ0) is 13.2. The number of carbonyl (C=O) groups excluding carboxylic acids is 1. The Morgan fingerprint density at radius 3 is 2.68 bits per heavy atom. The number of hydrogen-bond acceptors (Lipinski definition) is 1. The molecule has 0 N–H and O–H groups in total. The van der Waals surface area contributed by atoms with Gasteiger partial charge in [0, 0.05) is 15.8 Å². The van der Waals surface area contributed by atoms with E-state index in [9.17, 15) is 4.79 Å². The third kappa shape index (κ3) is 2.66. The minimum atomic E-state index is 0.216. The van der Waals surface area contributed by atoms with E-state index in [4.69, 9.17) is 0 Å². The highest BCUT2D eigenvalue weighted by molar-refractivity contribution is 14.1. The van der Waals surface area contributed by atoms with E-state index in [0.29, 0.717) is 6.42 Å². The summed E-state index contributed by atoms with van der Waals surface area (Å²) in [5.74, 6) is 0.216. The van der Waals surface area contributed by atoms with Gasteiger partial charge in [-0.1, -0.05) is 30.3 Å². The van der Waals surface area contributed by atoms with Crippen LogP contribution in [0.3, 0.4) is 0 Å². The van der Waals surface area contributed by atoms with Gasteiger partial charge in [0.2, 0.25) is 5.91 Å². The van der Waals surface area contributed by atoms with Crippen molar-refractivity contribution in [2.75, 3.05) is 11.4 Å². The van der Waals surface area contributed by atoms with Gasteiger partial charge in [-0.3, -0.25) is 4.79 Å². The molecule has 1 aliphatic heterocycles. The Labute approximate surface area is 126 Å². The summed E-state index contributed by atoms with van der Waals surface area (Å²) in [6.45, 7) is 0.760. The zero-order valence-electron chi connectivity index (χ0n) is 10.5. The maximum Gasteiger partial charge on any atom is 0.231 e. The number of carbonyl (C=O) groups is 1. The van der Waals surface area contributed by atoms with Crippen molar-refractivity contribution in [1.29, 1.82) is 0 Å². The van der Waals surface area contributed by atoms with Crippen LogP contribution in [0.15, 0.2) is 48.5 Å². The molecule has 0 aliphatic carbocycles. The molecule has 2 nitrogen and oxygen atoms in total. The van der Waals surface area contributed by atoms with E-state index >= 15 is 0 Å². The molecule has 0 saturated heterocycles. The van der Waals surface area contributed by atoms with Crippen LogP contribution in [0.4, 0.5) is 5.69 Å². The van der Waals surface area contributed by atoms with E-state index in [1.165, 1.54) is 9.13 Å². The fraction of sp³-hybridized carbons (Fsp3) is 0.188. The van der Waals surface area contributed by atoms with E-state index in [1.807, 2.05) is 23.1 Å². The Hall–Kier alpha value is -1.36. The topological polar surface area (TPSA) is 20.3 Å². The summed E-state index contributed by atoms with van der Waals surface area (Å²) in [6.07, 6.45) is 1.44. The maximum absolute atomic E-state index is 12.1. The molecule has 3 heteroatoms. The van der Waals surface area contributed by atoms with Gasteiger partial charge in [0.05, 0.1) is 6.42 Å². The lowest BCUT2D eigenvalue weighted by atomic mass is 10.1. The standard InChI is InChI=1S/C16H14INO/c17-14-6-7-15-13(10-14)11-16(19)18(15)9-8-12-4-2-1-3-5-12/h1-7,10H,8-9,11H2. The van der Waals surface area contributed by atoms with Crippen molar-refractivity contribution in [2.45, 2.75) is 12.8 Å². The van der Waals surface area contributed by atoms with E-state index in [1.54, 1.807) is 0 Å². The number of benzene rings is 2. The van der Waals surface area contributed by atoms with Gasteiger partial charge in [-0.25, -0.2) is 0 Å². The summed E-state index contributed by atoms with van der Waals surface area (Å²) in [5, 5.41) is 0. The van der Waals surface area contributed by atoms with Gasteiger partial charge in [-0.2, -0.15) is 0 Å². The monoisotopic (exact) mass is 363 g/mol. The fourth-order valence-corrected chi connectivity index (χ4v) is 3.04. The van der Waals surface area contributed by atoms with Crippen LogP contribution >= 0.6 is 22.6 Å². The minimum absolute atomic E-state index is 0.216. The molecule has 0 bridgehead atoms. The Bertz CT molecular complexity index is 609. The zero-order valence-corrected chi connectivity index (χ0v) is 12.6. The first-order valence-corrected chi connectivity index (χ1v) is 7.44. The van der Waals surface area contributed by atoms with Gasteiger partial charge < -0.3 is 4.90 Å². The molecule has 0 saturated carbocycles. The summed E-state index contributed by atoms with van der Waals surface area (Å²) >= 11 is 2.29. The lowest BCUT2D eigenvalue weighted by Gasteiger charge is -2.17. The van der Waals surface area contributed by atoms with Crippen LogP contribution in [0.5, 0.6) is 0 Å². The molecule has 0 fully saturated rings. The molecule has 1 heterocycles. The Morgan fingerprint density at radius 2 is 1.89 bits per heavy atom. The van der Waals surface area contributed by atoms with Crippen LogP contribution in [0, 0.1) is 3.57 Å². The highest BCUT2D eigenvalue weighted by atomic mass is 127. The van der Waals surface area contributed by atoms with Gasteiger partial charge in [0.15, 0.2) is 0 Å². The number of nitrogens with zero attached hydrogens (tertiary/aromatic N) is 1. The number of halogens is 1. The molecule has 0 aromatic heterocycles. The molecule has 19 heavy (non-hydrogen) atoms. The highest BCUT2D eigenvalue weighted by Gasteiger charge is 2.26. The SMILES string of the molecule is O=C1Cc2cc(I)ccc2N1CCc1ccccc1. The molecule has 0 unspecified atom stereocenters. The fourth-order valence-electron chi connectivity index (χ4n) is 2.48. The van der Waals surface area contributed by atoms with Crippen LogP contribution in [-0.2, 0) is 17.6 Å². The summed E-state index contributed by atoms with van der Waals surface area (Å²) in [5.41, 5.74) is 3.51. The summed E-state index contributed by atoms with van der Waals surface area (Å²) < 4.78 is 1.19. The summed E-state index contributed by atoms with van der Waals surface area (Å²) in [6, 6.07) is 16.5. The average molecular weight is 363 g/mol. The van der Waals surface area contributed by atoms with Crippen molar-refractivity contribution in [2.24, 2.45) is 0 Å². The van der Waals surface area contributed by atoms with E-state index in [0.717, 1.165) is 24.2 Å². The number of amides is 1. The van der Waals surface area contributed by atoms with Crippen LogP contribution in [0.1, 0.15) is 11.1 Å². The lowest BCUT2D eigenvalue weighted by molar-refractivity contribution is -0.117. The quantitative estimate of drug-likeness (QED) is 0.766. The molecule has 1 aliphatic rings. The van der Waals surface area contributed by atoms with E-state index < -0.39 is 0 Å². The molecule has 2 aromatic carbocycles. The molecule has 96 valence electrons. The largest absolute Gasteiger partial charge is 0.312 e. The van der Waals surface area contributed by atoms with Crippen LogP contribution in [-0.4, -0.2) is 12.5 Å². The second kappa shape index (κ2) is 5.33. The number of anilines is 1. The summed E-state index contributed by atoms with van der Waals surface area (Å²) in [7, 11) is 0. The third-order valence-corrected chi connectivity index (χ3v) is 4.11. The molecule has 3 rings (SSSR count). The van der Waals surface area contributed by atoms with Crippen molar-refractivity contribution >= 4 is 34.2 Å². The van der Waals surface area contributed by atoms with Crippen molar-refractivity contribution < 1.29 is 4.79 Å². The first-order chi connectivity index (χ1) is 9.24. The molecule has 2 aromatic rings. The highest BCUT2D eigenvalue weighted by Crippen LogP contribution is 2.30. The van der Waals surface area contributed by atoms with E-state index in [2.05, 4.69) is 52.9 Å². The minimum Gasteiger partial charge on any atom is -0.312 e. The van der Waals surface area contributed by atoms with Gasteiger partial charge in [-0.15, -0.1) is 0 Å². The predicted octanol–water partition coefficient (Wildman–Crippen LogP) is 3.42. The molecule has 0 radical (unpaired) electrons. The third-order valence-electron chi connectivity index (χ3n) is 3.44. The van der Waals surface area contributed by atoms with Crippen LogP contribution < -0.4 is 4.90 Å². The molecule has 0 spiro atoms. The van der Waals surface area contributed by atoms with Crippen molar-refractivity contribution in [3.05, 3.63) is 63.2 Å². The van der Waals surface area contributed by atoms with Gasteiger partial charge in [0.1, 0.15) is 0 Å². The predicted molar refractivity (Wildman–Crippen MR) is 85.4 cm³/mol. The van der Waals surface area contributed by atoms with Crippen LogP contribution in [0.2, 0.25) is 0 Å². The first kappa shape index (κ1) is 12.7. The van der Waals surface area contributed by atoms with Crippen molar-refractivity contribution in [3.63, 3.8) is 0 Å². The second-order valence-electron chi connectivity index (χ2n) is 4.73. The summed E-state index contributed by atoms with van der Waals surface area (Å²) in [4.78, 5) is 14.0. The normalized spacial score (nSPS) is 13.7. The number of rotatable bonds is 3. The molecular weight excluding hydrogens is 349 g/mol. The molecule has 1 amide bonds. The van der Waals surface area contributed by atoms with Gasteiger partial charge in [-0.05, 0) is 58.3 Å². The number of fused-ring (bicyclic) bond motifs is 1. The lowest BCUT2D eigenvalue weighted by Crippen LogP contribution is -2.28. The van der Waals surface area contributed by atoms with Gasteiger partial charge in [0.25, 0.3) is 0 Å². The first-order valence-electron chi connectivity index (χ1n) is 6.37. The Balaban J connectivity index is 1.77. The van der Waals surface area contributed by atoms with Crippen molar-refractivity contribution in [3.8, 4) is 0 Å². The maximum atomic E-state index is 12.1. The van der Waals surface area contributed by atoms with E-state index in [-0.39, 0.29) is 5.91 Å². The Morgan fingerprint density at radius 1 is 1.11 bits per heavy atom. The number of hydrogen-bond donors (Lipinski definition) is 0. The average Bonchev–Trinajstić information content (AvgIpc) is 2.72. The molecule has 0 atom stereocenters. The van der Waals surface area contributed by atoms with Crippen molar-refractivity contribution in [1.82, 2.24) is 0 Å². The second-order valence-corrected chi connectivity index (χ2v) is 5.98. The van der Waals surface area contributed by atoms with Gasteiger partial charge >= 0.3 is 0 Å². The smallest absolute Gasteiger partial charge is 0.231 e.